The summed E-state index contributed by atoms with van der Waals surface area (Å²) in [5.74, 6) is 0.724. The fourth-order valence-corrected chi connectivity index (χ4v) is 2.58. The fourth-order valence-electron chi connectivity index (χ4n) is 2.58. The van der Waals surface area contributed by atoms with Gasteiger partial charge in [0.2, 0.25) is 5.91 Å². The van der Waals surface area contributed by atoms with E-state index < -0.39 is 0 Å². The molecule has 1 saturated heterocycles. The molecule has 0 radical (unpaired) electrons. The van der Waals surface area contributed by atoms with Crippen LogP contribution in [0.15, 0.2) is 36.4 Å². The SMILES string of the molecule is C=C(C)CN(CC)C(=O)COc1ccc(N2CCCC2=O)cc1. The number of amides is 2. The van der Waals surface area contributed by atoms with Crippen LogP contribution < -0.4 is 9.64 Å². The Hall–Kier alpha value is -2.30. The summed E-state index contributed by atoms with van der Waals surface area (Å²) in [6.07, 6.45) is 1.52. The molecule has 1 fully saturated rings. The Morgan fingerprint density at radius 1 is 1.35 bits per heavy atom. The maximum Gasteiger partial charge on any atom is 0.260 e. The van der Waals surface area contributed by atoms with E-state index in [1.165, 1.54) is 0 Å². The maximum atomic E-state index is 12.1. The summed E-state index contributed by atoms with van der Waals surface area (Å²) in [6, 6.07) is 7.30. The average Bonchev–Trinajstić information content (AvgIpc) is 2.96. The van der Waals surface area contributed by atoms with Crippen LogP contribution in [0.25, 0.3) is 0 Å². The monoisotopic (exact) mass is 316 g/mol. The summed E-state index contributed by atoms with van der Waals surface area (Å²) in [5.41, 5.74) is 1.82. The molecule has 1 aliphatic heterocycles. The molecule has 5 heteroatoms. The lowest BCUT2D eigenvalue weighted by Crippen LogP contribution is -2.35. The molecule has 1 aromatic carbocycles. The van der Waals surface area contributed by atoms with Gasteiger partial charge in [-0.1, -0.05) is 12.2 Å². The normalized spacial score (nSPS) is 14.0. The Morgan fingerprint density at radius 3 is 2.57 bits per heavy atom. The summed E-state index contributed by atoms with van der Waals surface area (Å²) >= 11 is 0. The van der Waals surface area contributed by atoms with Crippen LogP contribution in [0.4, 0.5) is 5.69 Å². The number of ether oxygens (including phenoxy) is 1. The number of rotatable bonds is 7. The highest BCUT2D eigenvalue weighted by molar-refractivity contribution is 5.95. The lowest BCUT2D eigenvalue weighted by molar-refractivity contribution is -0.132. The van der Waals surface area contributed by atoms with Gasteiger partial charge in [0, 0.05) is 31.7 Å². The van der Waals surface area contributed by atoms with Crippen molar-refractivity contribution in [3.8, 4) is 5.75 Å². The van der Waals surface area contributed by atoms with Gasteiger partial charge in [-0.15, -0.1) is 0 Å². The standard InChI is InChI=1S/C18H24N2O3/c1-4-19(12-14(2)3)18(22)13-23-16-9-7-15(8-10-16)20-11-5-6-17(20)21/h7-10H,2,4-6,11-13H2,1,3H3. The molecule has 0 N–H and O–H groups in total. The van der Waals surface area contributed by atoms with Crippen LogP contribution in [-0.2, 0) is 9.59 Å². The molecule has 2 rings (SSSR count). The van der Waals surface area contributed by atoms with Crippen molar-refractivity contribution in [3.05, 3.63) is 36.4 Å². The van der Waals surface area contributed by atoms with Crippen molar-refractivity contribution in [3.63, 3.8) is 0 Å². The van der Waals surface area contributed by atoms with Gasteiger partial charge in [-0.05, 0) is 44.5 Å². The Kier molecular flexibility index (Phi) is 5.79. The minimum absolute atomic E-state index is 0.00309. The Bertz CT molecular complexity index is 580. The zero-order chi connectivity index (χ0) is 16.8. The smallest absolute Gasteiger partial charge is 0.260 e. The molecule has 0 atom stereocenters. The van der Waals surface area contributed by atoms with E-state index in [4.69, 9.17) is 4.74 Å². The van der Waals surface area contributed by atoms with Crippen LogP contribution >= 0.6 is 0 Å². The molecule has 0 saturated carbocycles. The fraction of sp³-hybridized carbons (Fsp3) is 0.444. The summed E-state index contributed by atoms with van der Waals surface area (Å²) in [4.78, 5) is 27.3. The van der Waals surface area contributed by atoms with E-state index in [9.17, 15) is 9.59 Å². The number of anilines is 1. The van der Waals surface area contributed by atoms with Gasteiger partial charge in [-0.25, -0.2) is 0 Å². The first kappa shape index (κ1) is 17.1. The zero-order valence-electron chi connectivity index (χ0n) is 13.9. The molecular weight excluding hydrogens is 292 g/mol. The largest absolute Gasteiger partial charge is 0.484 e. The molecule has 124 valence electrons. The van der Waals surface area contributed by atoms with Crippen LogP contribution in [0.3, 0.4) is 0 Å². The van der Waals surface area contributed by atoms with Crippen molar-refractivity contribution in [2.24, 2.45) is 0 Å². The van der Waals surface area contributed by atoms with Crippen molar-refractivity contribution >= 4 is 17.5 Å². The van der Waals surface area contributed by atoms with Gasteiger partial charge in [-0.3, -0.25) is 9.59 Å². The van der Waals surface area contributed by atoms with Gasteiger partial charge in [0.1, 0.15) is 5.75 Å². The molecule has 1 heterocycles. The maximum absolute atomic E-state index is 12.1. The van der Waals surface area contributed by atoms with Crippen LogP contribution in [0, 0.1) is 0 Å². The minimum Gasteiger partial charge on any atom is -0.484 e. The first-order valence-corrected chi connectivity index (χ1v) is 7.96. The van der Waals surface area contributed by atoms with Crippen molar-refractivity contribution in [1.29, 1.82) is 0 Å². The van der Waals surface area contributed by atoms with Crippen molar-refractivity contribution in [1.82, 2.24) is 4.90 Å². The van der Waals surface area contributed by atoms with E-state index in [2.05, 4.69) is 6.58 Å². The highest BCUT2D eigenvalue weighted by atomic mass is 16.5. The second-order valence-corrected chi connectivity index (χ2v) is 5.80. The topological polar surface area (TPSA) is 49.9 Å². The van der Waals surface area contributed by atoms with Gasteiger partial charge in [0.05, 0.1) is 0 Å². The molecule has 0 spiro atoms. The quantitative estimate of drug-likeness (QED) is 0.727. The van der Waals surface area contributed by atoms with E-state index in [0.29, 0.717) is 25.3 Å². The number of hydrogen-bond acceptors (Lipinski definition) is 3. The second-order valence-electron chi connectivity index (χ2n) is 5.80. The van der Waals surface area contributed by atoms with Gasteiger partial charge in [0.15, 0.2) is 6.61 Å². The number of nitrogens with zero attached hydrogens (tertiary/aromatic N) is 2. The number of hydrogen-bond donors (Lipinski definition) is 0. The predicted octanol–water partition coefficient (Wildman–Crippen LogP) is 2.62. The molecule has 23 heavy (non-hydrogen) atoms. The molecular formula is C18H24N2O3. The Balaban J connectivity index is 1.89. The lowest BCUT2D eigenvalue weighted by Gasteiger charge is -2.21. The zero-order valence-corrected chi connectivity index (χ0v) is 13.9. The predicted molar refractivity (Wildman–Crippen MR) is 90.6 cm³/mol. The van der Waals surface area contributed by atoms with Crippen molar-refractivity contribution < 1.29 is 14.3 Å². The van der Waals surface area contributed by atoms with Gasteiger partial charge in [-0.2, -0.15) is 0 Å². The van der Waals surface area contributed by atoms with Crippen LogP contribution in [0.1, 0.15) is 26.7 Å². The summed E-state index contributed by atoms with van der Waals surface area (Å²) in [7, 11) is 0. The van der Waals surface area contributed by atoms with Crippen molar-refractivity contribution in [2.75, 3.05) is 31.1 Å². The second kappa shape index (κ2) is 7.81. The Labute approximate surface area is 137 Å². The van der Waals surface area contributed by atoms with Crippen LogP contribution in [0.5, 0.6) is 5.75 Å². The summed E-state index contributed by atoms with van der Waals surface area (Å²) in [6.45, 7) is 9.61. The lowest BCUT2D eigenvalue weighted by atomic mass is 10.3. The molecule has 2 amide bonds. The first-order valence-electron chi connectivity index (χ1n) is 7.96. The highest BCUT2D eigenvalue weighted by Gasteiger charge is 2.21. The third-order valence-electron chi connectivity index (χ3n) is 3.78. The van der Waals surface area contributed by atoms with E-state index in [-0.39, 0.29) is 18.4 Å². The summed E-state index contributed by atoms with van der Waals surface area (Å²) in [5, 5.41) is 0. The molecule has 0 aliphatic carbocycles. The van der Waals surface area contributed by atoms with Crippen molar-refractivity contribution in [2.45, 2.75) is 26.7 Å². The number of carbonyl (C=O) groups is 2. The van der Waals surface area contributed by atoms with Gasteiger partial charge in [0.25, 0.3) is 5.91 Å². The van der Waals surface area contributed by atoms with Crippen LogP contribution in [0.2, 0.25) is 0 Å². The molecule has 0 unspecified atom stereocenters. The third kappa shape index (κ3) is 4.58. The molecule has 0 bridgehead atoms. The Morgan fingerprint density at radius 2 is 2.04 bits per heavy atom. The number of carbonyl (C=O) groups excluding carboxylic acids is 2. The van der Waals surface area contributed by atoms with Gasteiger partial charge >= 0.3 is 0 Å². The molecule has 0 aromatic heterocycles. The third-order valence-corrected chi connectivity index (χ3v) is 3.78. The van der Waals surface area contributed by atoms with E-state index in [1.54, 1.807) is 21.9 Å². The van der Waals surface area contributed by atoms with E-state index >= 15 is 0 Å². The first-order chi connectivity index (χ1) is 11.0. The van der Waals surface area contributed by atoms with Crippen LogP contribution in [-0.4, -0.2) is 43.0 Å². The average molecular weight is 316 g/mol. The van der Waals surface area contributed by atoms with Gasteiger partial charge < -0.3 is 14.5 Å². The minimum atomic E-state index is -0.0608. The van der Waals surface area contributed by atoms with E-state index in [0.717, 1.165) is 24.2 Å². The number of benzene rings is 1. The summed E-state index contributed by atoms with van der Waals surface area (Å²) < 4.78 is 5.55. The highest BCUT2D eigenvalue weighted by Crippen LogP contribution is 2.23. The molecule has 5 nitrogen and oxygen atoms in total. The van der Waals surface area contributed by atoms with E-state index in [1.807, 2.05) is 26.0 Å². The molecule has 1 aromatic rings. The molecule has 1 aliphatic rings. The number of likely N-dealkylation sites (N-methyl/N-ethyl adjacent to an activating group) is 1.